The minimum atomic E-state index is -0.0422. The van der Waals surface area contributed by atoms with Crippen LogP contribution >= 0.6 is 0 Å². The third-order valence-electron chi connectivity index (χ3n) is 6.05. The molecule has 0 spiro atoms. The van der Waals surface area contributed by atoms with Crippen molar-refractivity contribution >= 4 is 12.0 Å². The van der Waals surface area contributed by atoms with Gasteiger partial charge >= 0.3 is 0 Å². The first kappa shape index (κ1) is 25.5. The Morgan fingerprint density at radius 2 is 1.50 bits per heavy atom. The largest absolute Gasteiger partial charge is 0.367 e. The van der Waals surface area contributed by atoms with Gasteiger partial charge in [0.2, 0.25) is 5.91 Å². The molecule has 0 bridgehead atoms. The van der Waals surface area contributed by atoms with Crippen LogP contribution in [0.2, 0.25) is 0 Å². The number of nitrogens with zero attached hydrogens (tertiary/aromatic N) is 1. The summed E-state index contributed by atoms with van der Waals surface area (Å²) in [6, 6.07) is 30.6. The Balaban J connectivity index is 1.78. The molecule has 0 fully saturated rings. The van der Waals surface area contributed by atoms with E-state index in [2.05, 4.69) is 56.3 Å². The molecule has 3 heteroatoms. The number of hydrogen-bond acceptors (Lipinski definition) is 2. The van der Waals surface area contributed by atoms with E-state index in [1.807, 2.05) is 59.5 Å². The first-order chi connectivity index (χ1) is 16.7. The van der Waals surface area contributed by atoms with Crippen molar-refractivity contribution < 1.29 is 9.53 Å². The summed E-state index contributed by atoms with van der Waals surface area (Å²) in [5, 5.41) is 0. The van der Waals surface area contributed by atoms with Crippen LogP contribution < -0.4 is 0 Å². The van der Waals surface area contributed by atoms with Gasteiger partial charge in [0.1, 0.15) is 6.61 Å². The van der Waals surface area contributed by atoms with Gasteiger partial charge in [0.25, 0.3) is 0 Å². The number of amides is 1. The molecule has 3 aromatic carbocycles. The molecule has 0 aliphatic heterocycles. The number of rotatable bonds is 13. The van der Waals surface area contributed by atoms with Gasteiger partial charge in [-0.15, -0.1) is 0 Å². The molecule has 1 atom stereocenters. The van der Waals surface area contributed by atoms with Gasteiger partial charge in [-0.2, -0.15) is 0 Å². The predicted octanol–water partition coefficient (Wildman–Crippen LogP) is 7.46. The van der Waals surface area contributed by atoms with Crippen LogP contribution in [0.4, 0.5) is 0 Å². The summed E-state index contributed by atoms with van der Waals surface area (Å²) < 4.78 is 5.84. The van der Waals surface area contributed by atoms with Crippen molar-refractivity contribution in [3.8, 4) is 0 Å². The average molecular weight is 456 g/mol. The lowest BCUT2D eigenvalue weighted by molar-refractivity contribution is -0.138. The van der Waals surface area contributed by atoms with E-state index in [1.54, 1.807) is 0 Å². The molecule has 1 amide bonds. The van der Waals surface area contributed by atoms with Gasteiger partial charge in [-0.1, -0.05) is 122 Å². The first-order valence-electron chi connectivity index (χ1n) is 12.4. The van der Waals surface area contributed by atoms with Crippen LogP contribution in [0.3, 0.4) is 0 Å². The van der Waals surface area contributed by atoms with E-state index in [0.717, 1.165) is 24.0 Å². The van der Waals surface area contributed by atoms with Gasteiger partial charge in [0.15, 0.2) is 0 Å². The van der Waals surface area contributed by atoms with Gasteiger partial charge in [0, 0.05) is 6.54 Å². The van der Waals surface area contributed by atoms with Gasteiger partial charge in [-0.3, -0.25) is 4.79 Å². The molecule has 0 radical (unpaired) electrons. The maximum Gasteiger partial charge on any atom is 0.249 e. The van der Waals surface area contributed by atoms with Crippen molar-refractivity contribution in [2.24, 2.45) is 0 Å². The molecular formula is C31H37NO2. The second-order valence-corrected chi connectivity index (χ2v) is 8.76. The van der Waals surface area contributed by atoms with E-state index in [1.165, 1.54) is 24.0 Å². The molecule has 178 valence electrons. The van der Waals surface area contributed by atoms with Crippen molar-refractivity contribution in [3.05, 3.63) is 113 Å². The van der Waals surface area contributed by atoms with Crippen molar-refractivity contribution in [2.45, 2.75) is 52.2 Å². The Morgan fingerprint density at radius 1 is 0.882 bits per heavy atom. The summed E-state index contributed by atoms with van der Waals surface area (Å²) in [6.45, 7) is 5.43. The number of benzene rings is 3. The molecular weight excluding hydrogens is 418 g/mol. The third-order valence-corrected chi connectivity index (χ3v) is 6.05. The third kappa shape index (κ3) is 8.31. The SMILES string of the molecule is CCCCC/C(=C\c1ccccc1)CN(C(=O)COCc1ccccc1)C(C)c1ccccc1. The molecule has 34 heavy (non-hydrogen) atoms. The van der Waals surface area contributed by atoms with Crippen LogP contribution in [0.15, 0.2) is 96.6 Å². The number of carbonyl (C=O) groups excluding carboxylic acids is 1. The normalized spacial score (nSPS) is 12.4. The van der Waals surface area contributed by atoms with Gasteiger partial charge < -0.3 is 9.64 Å². The lowest BCUT2D eigenvalue weighted by atomic mass is 10.0. The van der Waals surface area contributed by atoms with E-state index in [0.29, 0.717) is 13.2 Å². The van der Waals surface area contributed by atoms with Crippen molar-refractivity contribution in [3.63, 3.8) is 0 Å². The Bertz CT molecular complexity index is 999. The highest BCUT2D eigenvalue weighted by Crippen LogP contribution is 2.24. The molecule has 0 saturated heterocycles. The van der Waals surface area contributed by atoms with Crippen LogP contribution in [0, 0.1) is 0 Å². The molecule has 0 heterocycles. The fourth-order valence-corrected chi connectivity index (χ4v) is 4.07. The van der Waals surface area contributed by atoms with Gasteiger partial charge in [0.05, 0.1) is 12.6 Å². The Labute approximate surface area is 205 Å². The Hall–Kier alpha value is -3.17. The van der Waals surface area contributed by atoms with Gasteiger partial charge in [-0.05, 0) is 36.5 Å². The molecule has 0 saturated carbocycles. The van der Waals surface area contributed by atoms with Crippen LogP contribution in [0.25, 0.3) is 6.08 Å². The van der Waals surface area contributed by atoms with E-state index in [-0.39, 0.29) is 18.6 Å². The summed E-state index contributed by atoms with van der Waals surface area (Å²) in [5.41, 5.74) is 4.65. The summed E-state index contributed by atoms with van der Waals surface area (Å²) in [6.07, 6.45) is 6.72. The fourth-order valence-electron chi connectivity index (χ4n) is 4.07. The zero-order valence-electron chi connectivity index (χ0n) is 20.5. The van der Waals surface area contributed by atoms with Crippen LogP contribution in [0.5, 0.6) is 0 Å². The second kappa shape index (κ2) is 14.2. The maximum absolute atomic E-state index is 13.4. The predicted molar refractivity (Wildman–Crippen MR) is 141 cm³/mol. The topological polar surface area (TPSA) is 29.5 Å². The Kier molecular flexibility index (Phi) is 10.6. The number of hydrogen-bond donors (Lipinski definition) is 0. The van der Waals surface area contributed by atoms with Gasteiger partial charge in [-0.25, -0.2) is 0 Å². The quantitative estimate of drug-likeness (QED) is 0.250. The lowest BCUT2D eigenvalue weighted by Gasteiger charge is -2.31. The summed E-state index contributed by atoms with van der Waals surface area (Å²) in [5.74, 6) is 0.0155. The van der Waals surface area contributed by atoms with Crippen molar-refractivity contribution in [2.75, 3.05) is 13.2 Å². The molecule has 0 N–H and O–H groups in total. The number of ether oxygens (including phenoxy) is 1. The number of unbranched alkanes of at least 4 members (excludes halogenated alkanes) is 2. The molecule has 3 nitrogen and oxygen atoms in total. The lowest BCUT2D eigenvalue weighted by Crippen LogP contribution is -2.37. The van der Waals surface area contributed by atoms with E-state index >= 15 is 0 Å². The number of carbonyl (C=O) groups is 1. The second-order valence-electron chi connectivity index (χ2n) is 8.76. The maximum atomic E-state index is 13.4. The standard InChI is InChI=1S/C31H37NO2/c1-3-4-8-19-29(22-27-15-9-5-10-16-27)23-32(26(2)30-20-13-7-14-21-30)31(33)25-34-24-28-17-11-6-12-18-28/h5-7,9-18,20-22,26H,3-4,8,19,23-25H2,1-2H3/b29-22+. The summed E-state index contributed by atoms with van der Waals surface area (Å²) >= 11 is 0. The van der Waals surface area contributed by atoms with Crippen LogP contribution in [-0.4, -0.2) is 24.0 Å². The molecule has 0 aromatic heterocycles. The van der Waals surface area contributed by atoms with Crippen molar-refractivity contribution in [1.29, 1.82) is 0 Å². The molecule has 1 unspecified atom stereocenters. The Morgan fingerprint density at radius 3 is 2.15 bits per heavy atom. The molecule has 0 aliphatic rings. The molecule has 0 aliphatic carbocycles. The van der Waals surface area contributed by atoms with Crippen LogP contribution in [0.1, 0.15) is 62.3 Å². The fraction of sp³-hybridized carbons (Fsp3) is 0.323. The highest BCUT2D eigenvalue weighted by atomic mass is 16.5. The average Bonchev–Trinajstić information content (AvgIpc) is 2.88. The molecule has 3 aromatic rings. The van der Waals surface area contributed by atoms with E-state index in [4.69, 9.17) is 4.74 Å². The van der Waals surface area contributed by atoms with Crippen molar-refractivity contribution in [1.82, 2.24) is 4.90 Å². The summed E-state index contributed by atoms with van der Waals surface area (Å²) in [7, 11) is 0. The van der Waals surface area contributed by atoms with E-state index in [9.17, 15) is 4.79 Å². The minimum absolute atomic E-state index is 0.0155. The monoisotopic (exact) mass is 455 g/mol. The zero-order valence-corrected chi connectivity index (χ0v) is 20.5. The highest BCUT2D eigenvalue weighted by Gasteiger charge is 2.22. The highest BCUT2D eigenvalue weighted by molar-refractivity contribution is 5.78. The van der Waals surface area contributed by atoms with Crippen LogP contribution in [-0.2, 0) is 16.1 Å². The molecule has 3 rings (SSSR count). The first-order valence-corrected chi connectivity index (χ1v) is 12.4. The summed E-state index contributed by atoms with van der Waals surface area (Å²) in [4.78, 5) is 15.4. The zero-order chi connectivity index (χ0) is 24.0. The smallest absolute Gasteiger partial charge is 0.249 e. The minimum Gasteiger partial charge on any atom is -0.367 e. The van der Waals surface area contributed by atoms with E-state index < -0.39 is 0 Å².